The number of carbonyl (C=O) groups excluding carboxylic acids is 2. The summed E-state index contributed by atoms with van der Waals surface area (Å²) >= 11 is 0. The molecule has 2 aromatic carbocycles. The highest BCUT2D eigenvalue weighted by atomic mass is 16.5. The van der Waals surface area contributed by atoms with Crippen LogP contribution in [0.15, 0.2) is 67.0 Å². The summed E-state index contributed by atoms with van der Waals surface area (Å²) < 4.78 is 7.57. The van der Waals surface area contributed by atoms with Crippen molar-refractivity contribution < 1.29 is 14.3 Å². The third kappa shape index (κ3) is 4.88. The third-order valence-electron chi connectivity index (χ3n) is 7.33. The monoisotopic (exact) mass is 524 g/mol. The molecule has 0 radical (unpaired) electrons. The van der Waals surface area contributed by atoms with Crippen molar-refractivity contribution in [1.82, 2.24) is 19.4 Å². The van der Waals surface area contributed by atoms with Gasteiger partial charge >= 0.3 is 0 Å². The Kier molecular flexibility index (Phi) is 6.69. The maximum Gasteiger partial charge on any atom is 0.253 e. The van der Waals surface area contributed by atoms with E-state index in [0.29, 0.717) is 34.8 Å². The van der Waals surface area contributed by atoms with Crippen molar-refractivity contribution in [1.29, 1.82) is 0 Å². The smallest absolute Gasteiger partial charge is 0.253 e. The molecule has 0 spiro atoms. The van der Waals surface area contributed by atoms with E-state index >= 15 is 0 Å². The summed E-state index contributed by atoms with van der Waals surface area (Å²) in [4.78, 5) is 35.6. The van der Waals surface area contributed by atoms with Gasteiger partial charge in [-0.3, -0.25) is 9.59 Å². The largest absolute Gasteiger partial charge is 0.383 e. The molecule has 9 heteroatoms. The molecule has 0 aliphatic heterocycles. The molecule has 39 heavy (non-hydrogen) atoms. The zero-order valence-electron chi connectivity index (χ0n) is 22.6. The number of nitrogens with one attached hydrogen (secondary N) is 1. The van der Waals surface area contributed by atoms with Crippen LogP contribution in [0, 0.1) is 0 Å². The topological polar surface area (TPSA) is 115 Å². The normalized spacial score (nSPS) is 13.7. The van der Waals surface area contributed by atoms with Gasteiger partial charge in [0.25, 0.3) is 11.8 Å². The minimum Gasteiger partial charge on any atom is -0.383 e. The third-order valence-corrected chi connectivity index (χ3v) is 7.33. The predicted octanol–water partition coefficient (Wildman–Crippen LogP) is 4.65. The molecule has 0 atom stereocenters. The quantitative estimate of drug-likeness (QED) is 0.324. The molecule has 1 aliphatic carbocycles. The number of hydrogen-bond donors (Lipinski definition) is 2. The Balaban J connectivity index is 1.53. The summed E-state index contributed by atoms with van der Waals surface area (Å²) in [5.74, 6) is 0.0838. The SMILES string of the molecule is C=C(C)C(=O)Nc1ccc(-c2c(-c3ccc(C(=O)N(C)CC4(OC)CC4)cc3)c3c(N)ncnc3n2C)cc1. The molecule has 3 N–H and O–H groups in total. The molecule has 2 amide bonds. The number of benzene rings is 2. The number of amides is 2. The number of likely N-dealkylation sites (N-methyl/N-ethyl adjacent to an activating group) is 1. The van der Waals surface area contributed by atoms with Crippen LogP contribution in [0.4, 0.5) is 11.5 Å². The summed E-state index contributed by atoms with van der Waals surface area (Å²) in [5.41, 5.74) is 12.1. The fraction of sp³-hybridized carbons (Fsp3) is 0.267. The molecule has 0 unspecified atom stereocenters. The average molecular weight is 525 g/mol. The maximum atomic E-state index is 13.1. The van der Waals surface area contributed by atoms with Gasteiger partial charge in [-0.25, -0.2) is 9.97 Å². The minimum atomic E-state index is -0.231. The standard InChI is InChI=1S/C30H32N6O3/c1-18(2)28(37)34-22-12-10-20(11-13-22)25-23(24-26(31)32-17-33-27(24)36(25)4)19-6-8-21(9-7-19)29(38)35(3)16-30(39-5)14-15-30/h6-13,17H,1,14-16H2,2-5H3,(H,34,37)(H2,31,32,33). The van der Waals surface area contributed by atoms with Crippen LogP contribution < -0.4 is 11.1 Å². The number of hydrogen-bond acceptors (Lipinski definition) is 6. The molecule has 1 aliphatic rings. The number of nitrogens with two attached hydrogens (primary N) is 1. The van der Waals surface area contributed by atoms with Gasteiger partial charge in [-0.15, -0.1) is 0 Å². The van der Waals surface area contributed by atoms with Crippen LogP contribution in [0.2, 0.25) is 0 Å². The van der Waals surface area contributed by atoms with Gasteiger partial charge in [0.1, 0.15) is 17.8 Å². The van der Waals surface area contributed by atoms with Crippen LogP contribution >= 0.6 is 0 Å². The Hall–Kier alpha value is -4.50. The van der Waals surface area contributed by atoms with Crippen molar-refractivity contribution >= 4 is 34.4 Å². The number of fused-ring (bicyclic) bond motifs is 1. The lowest BCUT2D eigenvalue weighted by atomic mass is 9.97. The van der Waals surface area contributed by atoms with Crippen LogP contribution in [0.5, 0.6) is 0 Å². The minimum absolute atomic E-state index is 0.0572. The van der Waals surface area contributed by atoms with Crippen molar-refractivity contribution in [2.45, 2.75) is 25.4 Å². The molecule has 5 rings (SSSR count). The lowest BCUT2D eigenvalue weighted by molar-refractivity contribution is -0.112. The molecule has 1 saturated carbocycles. The number of aromatic nitrogens is 3. The van der Waals surface area contributed by atoms with E-state index < -0.39 is 0 Å². The highest BCUT2D eigenvalue weighted by molar-refractivity contribution is 6.08. The predicted molar refractivity (Wildman–Crippen MR) is 153 cm³/mol. The number of carbonyl (C=O) groups is 2. The van der Waals surface area contributed by atoms with E-state index in [9.17, 15) is 9.59 Å². The second-order valence-corrected chi connectivity index (χ2v) is 10.2. The molecular weight excluding hydrogens is 492 g/mol. The van der Waals surface area contributed by atoms with Crippen molar-refractivity contribution in [3.63, 3.8) is 0 Å². The van der Waals surface area contributed by atoms with E-state index in [2.05, 4.69) is 21.9 Å². The van der Waals surface area contributed by atoms with Gasteiger partial charge in [0, 0.05) is 50.1 Å². The van der Waals surface area contributed by atoms with Gasteiger partial charge in [-0.1, -0.05) is 30.8 Å². The highest BCUT2D eigenvalue weighted by Crippen LogP contribution is 2.42. The van der Waals surface area contributed by atoms with Crippen molar-refractivity contribution in [3.05, 3.63) is 72.6 Å². The molecule has 0 bridgehead atoms. The maximum absolute atomic E-state index is 13.1. The highest BCUT2D eigenvalue weighted by Gasteiger charge is 2.44. The average Bonchev–Trinajstić information content (AvgIpc) is 3.64. The van der Waals surface area contributed by atoms with Gasteiger partial charge in [0.2, 0.25) is 0 Å². The number of ether oxygens (including phenoxy) is 1. The Morgan fingerprint density at radius 2 is 1.74 bits per heavy atom. The van der Waals surface area contributed by atoms with Crippen molar-refractivity contribution in [3.8, 4) is 22.4 Å². The number of aryl methyl sites for hydroxylation is 1. The van der Waals surface area contributed by atoms with Crippen LogP contribution in [0.25, 0.3) is 33.4 Å². The van der Waals surface area contributed by atoms with E-state index in [1.165, 1.54) is 6.33 Å². The van der Waals surface area contributed by atoms with Gasteiger partial charge in [-0.05, 0) is 55.2 Å². The number of rotatable bonds is 8. The Morgan fingerprint density at radius 3 is 2.33 bits per heavy atom. The first kappa shape index (κ1) is 26.1. The number of anilines is 2. The van der Waals surface area contributed by atoms with Crippen molar-refractivity contribution in [2.75, 3.05) is 31.8 Å². The summed E-state index contributed by atoms with van der Waals surface area (Å²) in [5, 5.41) is 3.57. The van der Waals surface area contributed by atoms with Crippen LogP contribution in [0.1, 0.15) is 30.1 Å². The van der Waals surface area contributed by atoms with E-state index in [1.807, 2.05) is 60.1 Å². The van der Waals surface area contributed by atoms with E-state index in [1.54, 1.807) is 26.0 Å². The molecule has 2 aromatic heterocycles. The summed E-state index contributed by atoms with van der Waals surface area (Å²) in [7, 11) is 5.43. The first-order valence-corrected chi connectivity index (χ1v) is 12.7. The number of nitrogens with zero attached hydrogens (tertiary/aromatic N) is 4. The molecule has 9 nitrogen and oxygen atoms in total. The number of nitrogen functional groups attached to an aromatic ring is 1. The molecule has 1 fully saturated rings. The Morgan fingerprint density at radius 1 is 1.10 bits per heavy atom. The van der Waals surface area contributed by atoms with Gasteiger partial charge in [0.15, 0.2) is 0 Å². The fourth-order valence-corrected chi connectivity index (χ4v) is 4.91. The van der Waals surface area contributed by atoms with Crippen LogP contribution in [-0.2, 0) is 16.6 Å². The number of methoxy groups -OCH3 is 1. The molecule has 200 valence electrons. The van der Waals surface area contributed by atoms with Gasteiger partial charge < -0.3 is 25.3 Å². The van der Waals surface area contributed by atoms with Gasteiger partial charge in [-0.2, -0.15) is 0 Å². The Bertz CT molecular complexity index is 1580. The first-order valence-electron chi connectivity index (χ1n) is 12.7. The summed E-state index contributed by atoms with van der Waals surface area (Å²) in [6, 6.07) is 15.1. The fourth-order valence-electron chi connectivity index (χ4n) is 4.91. The van der Waals surface area contributed by atoms with E-state index in [4.69, 9.17) is 10.5 Å². The van der Waals surface area contributed by atoms with E-state index in [-0.39, 0.29) is 17.4 Å². The lowest BCUT2D eigenvalue weighted by Gasteiger charge is -2.23. The van der Waals surface area contributed by atoms with Crippen LogP contribution in [0.3, 0.4) is 0 Å². The molecule has 4 aromatic rings. The van der Waals surface area contributed by atoms with Gasteiger partial charge in [0.05, 0.1) is 16.7 Å². The second kappa shape index (κ2) is 9.99. The van der Waals surface area contributed by atoms with Crippen molar-refractivity contribution in [2.24, 2.45) is 7.05 Å². The summed E-state index contributed by atoms with van der Waals surface area (Å²) in [6.45, 7) is 5.91. The summed E-state index contributed by atoms with van der Waals surface area (Å²) in [6.07, 6.45) is 3.38. The lowest BCUT2D eigenvalue weighted by Crippen LogP contribution is -2.36. The molecular formula is C30H32N6O3. The Labute approximate surface area is 227 Å². The molecule has 0 saturated heterocycles. The molecule has 2 heterocycles. The second-order valence-electron chi connectivity index (χ2n) is 10.2. The van der Waals surface area contributed by atoms with E-state index in [0.717, 1.165) is 40.6 Å². The zero-order chi connectivity index (χ0) is 27.9. The van der Waals surface area contributed by atoms with Crippen LogP contribution in [-0.4, -0.2) is 57.6 Å². The first-order chi connectivity index (χ1) is 18.6. The zero-order valence-corrected chi connectivity index (χ0v) is 22.6.